The Morgan fingerprint density at radius 1 is 1.42 bits per heavy atom. The van der Waals surface area contributed by atoms with Gasteiger partial charge in [0.1, 0.15) is 0 Å². The van der Waals surface area contributed by atoms with Crippen LogP contribution in [0.3, 0.4) is 0 Å². The van der Waals surface area contributed by atoms with E-state index < -0.39 is 0 Å². The van der Waals surface area contributed by atoms with Crippen LogP contribution in [-0.2, 0) is 11.2 Å². The molecule has 2 rings (SSSR count). The first kappa shape index (κ1) is 14.1. The minimum Gasteiger partial charge on any atom is -0.338 e. The van der Waals surface area contributed by atoms with Crippen LogP contribution in [0.25, 0.3) is 0 Å². The Labute approximate surface area is 115 Å². The minimum atomic E-state index is -0.366. The highest BCUT2D eigenvalue weighted by Gasteiger charge is 2.29. The number of nitrogens with zero attached hydrogens (tertiary/aromatic N) is 1. The lowest BCUT2D eigenvalue weighted by Crippen LogP contribution is -2.44. The number of nitrogens with two attached hydrogens (primary N) is 1. The van der Waals surface area contributed by atoms with E-state index in [9.17, 15) is 4.79 Å². The van der Waals surface area contributed by atoms with Crippen molar-refractivity contribution in [1.82, 2.24) is 4.90 Å². The summed E-state index contributed by atoms with van der Waals surface area (Å²) in [5, 5.41) is 0. The summed E-state index contributed by atoms with van der Waals surface area (Å²) >= 11 is 0. The van der Waals surface area contributed by atoms with Gasteiger partial charge in [-0.1, -0.05) is 30.3 Å². The van der Waals surface area contributed by atoms with Crippen LogP contribution < -0.4 is 5.73 Å². The van der Waals surface area contributed by atoms with Crippen molar-refractivity contribution < 1.29 is 4.79 Å². The maximum atomic E-state index is 12.0. The quantitative estimate of drug-likeness (QED) is 0.883. The Kier molecular flexibility index (Phi) is 4.97. The van der Waals surface area contributed by atoms with Gasteiger partial charge in [0.15, 0.2) is 0 Å². The zero-order valence-electron chi connectivity index (χ0n) is 11.7. The van der Waals surface area contributed by atoms with Crippen molar-refractivity contribution in [3.63, 3.8) is 0 Å². The zero-order valence-corrected chi connectivity index (χ0v) is 11.7. The summed E-state index contributed by atoms with van der Waals surface area (Å²) in [4.78, 5) is 14.0. The van der Waals surface area contributed by atoms with Crippen molar-refractivity contribution >= 4 is 5.91 Å². The molecule has 1 amide bonds. The Bertz CT molecular complexity index is 402. The van der Waals surface area contributed by atoms with Crippen molar-refractivity contribution in [1.29, 1.82) is 0 Å². The third kappa shape index (κ3) is 3.80. The van der Waals surface area contributed by atoms with Gasteiger partial charge in [0.05, 0.1) is 6.04 Å². The fourth-order valence-corrected chi connectivity index (χ4v) is 2.87. The standard InChI is InChI=1S/C16H24N2O/c1-13(17)16(19)18-12-6-11-15(18)10-5-9-14-7-3-2-4-8-14/h2-4,7-8,13,15H,5-6,9-12,17H2,1H3/t13-,15-/m1/s1. The number of rotatable bonds is 5. The molecule has 0 aliphatic carbocycles. The number of carbonyl (C=O) groups excluding carboxylic acids is 1. The van der Waals surface area contributed by atoms with Gasteiger partial charge < -0.3 is 10.6 Å². The number of hydrogen-bond donors (Lipinski definition) is 1. The summed E-state index contributed by atoms with van der Waals surface area (Å²) in [7, 11) is 0. The van der Waals surface area contributed by atoms with Crippen LogP contribution >= 0.6 is 0 Å². The van der Waals surface area contributed by atoms with E-state index in [4.69, 9.17) is 5.73 Å². The zero-order chi connectivity index (χ0) is 13.7. The molecule has 0 unspecified atom stereocenters. The molecular formula is C16H24N2O. The molecule has 1 aromatic rings. The van der Waals surface area contributed by atoms with Gasteiger partial charge >= 0.3 is 0 Å². The van der Waals surface area contributed by atoms with Crippen LogP contribution in [0.2, 0.25) is 0 Å². The molecule has 104 valence electrons. The molecule has 3 heteroatoms. The first-order valence-corrected chi connectivity index (χ1v) is 7.28. The number of likely N-dealkylation sites (tertiary alicyclic amines) is 1. The molecule has 3 nitrogen and oxygen atoms in total. The molecule has 0 bridgehead atoms. The van der Waals surface area contributed by atoms with E-state index in [1.165, 1.54) is 5.56 Å². The third-order valence-corrected chi connectivity index (χ3v) is 3.90. The summed E-state index contributed by atoms with van der Waals surface area (Å²) in [6.45, 7) is 2.66. The smallest absolute Gasteiger partial charge is 0.239 e. The van der Waals surface area contributed by atoms with E-state index in [2.05, 4.69) is 24.3 Å². The second-order valence-corrected chi connectivity index (χ2v) is 5.49. The van der Waals surface area contributed by atoms with Crippen molar-refractivity contribution in [2.75, 3.05) is 6.54 Å². The van der Waals surface area contributed by atoms with E-state index >= 15 is 0 Å². The molecule has 1 aromatic carbocycles. The molecule has 0 aromatic heterocycles. The third-order valence-electron chi connectivity index (χ3n) is 3.90. The molecule has 0 spiro atoms. The first-order valence-electron chi connectivity index (χ1n) is 7.28. The number of aryl methyl sites for hydroxylation is 1. The highest BCUT2D eigenvalue weighted by molar-refractivity contribution is 5.81. The molecule has 0 radical (unpaired) electrons. The van der Waals surface area contributed by atoms with Gasteiger partial charge in [-0.3, -0.25) is 4.79 Å². The molecule has 2 N–H and O–H groups in total. The van der Waals surface area contributed by atoms with Crippen LogP contribution in [0.1, 0.15) is 38.2 Å². The first-order chi connectivity index (χ1) is 9.18. The predicted molar refractivity (Wildman–Crippen MR) is 77.8 cm³/mol. The summed E-state index contributed by atoms with van der Waals surface area (Å²) in [6, 6.07) is 10.6. The average Bonchev–Trinajstić information content (AvgIpc) is 2.87. The number of hydrogen-bond acceptors (Lipinski definition) is 2. The summed E-state index contributed by atoms with van der Waals surface area (Å²) in [5.41, 5.74) is 7.09. The normalized spacial score (nSPS) is 20.5. The van der Waals surface area contributed by atoms with E-state index in [1.807, 2.05) is 11.0 Å². The van der Waals surface area contributed by atoms with Crippen LogP contribution in [-0.4, -0.2) is 29.4 Å². The molecule has 1 fully saturated rings. The van der Waals surface area contributed by atoms with Crippen LogP contribution in [0.4, 0.5) is 0 Å². The van der Waals surface area contributed by atoms with Crippen molar-refractivity contribution in [2.24, 2.45) is 5.73 Å². The molecule has 1 heterocycles. The maximum Gasteiger partial charge on any atom is 0.239 e. The maximum absolute atomic E-state index is 12.0. The summed E-state index contributed by atoms with van der Waals surface area (Å²) in [5.74, 6) is 0.113. The molecule has 2 atom stereocenters. The Hall–Kier alpha value is -1.35. The van der Waals surface area contributed by atoms with Gasteiger partial charge in [-0.2, -0.15) is 0 Å². The number of benzene rings is 1. The molecule has 1 saturated heterocycles. The monoisotopic (exact) mass is 260 g/mol. The van der Waals surface area contributed by atoms with Crippen LogP contribution in [0.15, 0.2) is 30.3 Å². The van der Waals surface area contributed by atoms with Crippen LogP contribution in [0, 0.1) is 0 Å². The highest BCUT2D eigenvalue weighted by atomic mass is 16.2. The average molecular weight is 260 g/mol. The predicted octanol–water partition coefficient (Wildman–Crippen LogP) is 2.35. The molecule has 0 saturated carbocycles. The fraction of sp³-hybridized carbons (Fsp3) is 0.562. The van der Waals surface area contributed by atoms with Gasteiger partial charge in [-0.25, -0.2) is 0 Å². The van der Waals surface area contributed by atoms with E-state index in [1.54, 1.807) is 6.92 Å². The second-order valence-electron chi connectivity index (χ2n) is 5.49. The van der Waals surface area contributed by atoms with Crippen LogP contribution in [0.5, 0.6) is 0 Å². The Morgan fingerprint density at radius 2 is 2.16 bits per heavy atom. The van der Waals surface area contributed by atoms with Crippen molar-refractivity contribution in [2.45, 2.75) is 51.1 Å². The summed E-state index contributed by atoms with van der Waals surface area (Å²) in [6.07, 6.45) is 5.57. The lowest BCUT2D eigenvalue weighted by Gasteiger charge is -2.26. The van der Waals surface area contributed by atoms with Gasteiger partial charge in [0, 0.05) is 12.6 Å². The lowest BCUT2D eigenvalue weighted by atomic mass is 10.0. The summed E-state index contributed by atoms with van der Waals surface area (Å²) < 4.78 is 0. The highest BCUT2D eigenvalue weighted by Crippen LogP contribution is 2.22. The topological polar surface area (TPSA) is 46.3 Å². The lowest BCUT2D eigenvalue weighted by molar-refractivity contribution is -0.133. The van der Waals surface area contributed by atoms with Gasteiger partial charge in [0.2, 0.25) is 5.91 Å². The number of amides is 1. The van der Waals surface area contributed by atoms with Crippen molar-refractivity contribution in [3.8, 4) is 0 Å². The Balaban J connectivity index is 1.80. The van der Waals surface area contributed by atoms with E-state index in [0.717, 1.165) is 38.6 Å². The van der Waals surface area contributed by atoms with Gasteiger partial charge in [-0.05, 0) is 44.6 Å². The number of carbonyl (C=O) groups is 1. The Morgan fingerprint density at radius 3 is 2.84 bits per heavy atom. The second kappa shape index (κ2) is 6.71. The van der Waals surface area contributed by atoms with E-state index in [-0.39, 0.29) is 11.9 Å². The minimum absolute atomic E-state index is 0.113. The van der Waals surface area contributed by atoms with E-state index in [0.29, 0.717) is 6.04 Å². The fourth-order valence-electron chi connectivity index (χ4n) is 2.87. The van der Waals surface area contributed by atoms with Crippen molar-refractivity contribution in [3.05, 3.63) is 35.9 Å². The molecule has 19 heavy (non-hydrogen) atoms. The largest absolute Gasteiger partial charge is 0.338 e. The molecule has 1 aliphatic rings. The van der Waals surface area contributed by atoms with Gasteiger partial charge in [-0.15, -0.1) is 0 Å². The molecule has 1 aliphatic heterocycles. The molecular weight excluding hydrogens is 236 g/mol. The van der Waals surface area contributed by atoms with Gasteiger partial charge in [0.25, 0.3) is 0 Å². The SMILES string of the molecule is C[C@@H](N)C(=O)N1CCC[C@H]1CCCc1ccccc1.